The van der Waals surface area contributed by atoms with Crippen LogP contribution in [0.25, 0.3) is 0 Å². The SMILES string of the molecule is CC(C)(C)N.COC(=O)C(C)CP(=O)(O)OC. The monoisotopic (exact) mass is 269 g/mol. The van der Waals surface area contributed by atoms with E-state index in [0.717, 1.165) is 7.11 Å². The summed E-state index contributed by atoms with van der Waals surface area (Å²) in [5, 5.41) is 0. The summed E-state index contributed by atoms with van der Waals surface area (Å²) in [7, 11) is -1.24. The van der Waals surface area contributed by atoms with Gasteiger partial charge in [0.2, 0.25) is 0 Å². The normalized spacial score (nSPS) is 16.2. The van der Waals surface area contributed by atoms with E-state index in [4.69, 9.17) is 10.6 Å². The van der Waals surface area contributed by atoms with Crippen molar-refractivity contribution in [2.24, 2.45) is 11.7 Å². The summed E-state index contributed by atoms with van der Waals surface area (Å²) in [6.45, 7) is 7.40. The third-order valence-corrected chi connectivity index (χ3v) is 2.97. The number of carbonyl (C=O) groups excluding carboxylic acids is 1. The third-order valence-electron chi connectivity index (χ3n) is 1.39. The molecule has 0 saturated carbocycles. The molecule has 104 valence electrons. The molecule has 0 aliphatic carbocycles. The van der Waals surface area contributed by atoms with E-state index in [1.807, 2.05) is 20.8 Å². The van der Waals surface area contributed by atoms with Crippen LogP contribution < -0.4 is 5.73 Å². The fraction of sp³-hybridized carbons (Fsp3) is 0.900. The second-order valence-corrected chi connectivity index (χ2v) is 6.80. The van der Waals surface area contributed by atoms with Gasteiger partial charge in [-0.05, 0) is 20.8 Å². The minimum atomic E-state index is -3.60. The second-order valence-electron chi connectivity index (χ2n) is 4.79. The maximum Gasteiger partial charge on any atom is 0.328 e. The van der Waals surface area contributed by atoms with Crippen LogP contribution in [-0.4, -0.2) is 36.8 Å². The summed E-state index contributed by atoms with van der Waals surface area (Å²) >= 11 is 0. The van der Waals surface area contributed by atoms with E-state index in [0.29, 0.717) is 0 Å². The van der Waals surface area contributed by atoms with Crippen LogP contribution in [0.4, 0.5) is 0 Å². The molecule has 7 heteroatoms. The first-order valence-corrected chi connectivity index (χ1v) is 6.93. The molecule has 0 aromatic carbocycles. The highest BCUT2D eigenvalue weighted by Gasteiger charge is 2.26. The number of nitrogens with two attached hydrogens (primary N) is 1. The summed E-state index contributed by atoms with van der Waals surface area (Å²) in [5.74, 6) is -1.13. The van der Waals surface area contributed by atoms with Crippen molar-refractivity contribution in [3.05, 3.63) is 0 Å². The van der Waals surface area contributed by atoms with Crippen LogP contribution in [0, 0.1) is 5.92 Å². The van der Waals surface area contributed by atoms with Crippen molar-refractivity contribution >= 4 is 13.6 Å². The first-order chi connectivity index (χ1) is 7.43. The van der Waals surface area contributed by atoms with Crippen molar-refractivity contribution in [1.82, 2.24) is 0 Å². The molecule has 0 aliphatic heterocycles. The highest BCUT2D eigenvalue weighted by atomic mass is 31.2. The molecule has 2 unspecified atom stereocenters. The van der Waals surface area contributed by atoms with Gasteiger partial charge in [0.25, 0.3) is 0 Å². The quantitative estimate of drug-likeness (QED) is 0.590. The molecule has 0 aliphatic rings. The number of hydrogen-bond acceptors (Lipinski definition) is 5. The Morgan fingerprint density at radius 3 is 2.00 bits per heavy atom. The molecule has 0 spiro atoms. The van der Waals surface area contributed by atoms with Gasteiger partial charge in [-0.15, -0.1) is 0 Å². The zero-order valence-electron chi connectivity index (χ0n) is 11.4. The Labute approximate surface area is 103 Å². The Morgan fingerprint density at radius 1 is 1.41 bits per heavy atom. The van der Waals surface area contributed by atoms with Gasteiger partial charge in [0.1, 0.15) is 0 Å². The van der Waals surface area contributed by atoms with E-state index in [9.17, 15) is 9.36 Å². The Kier molecular flexibility index (Phi) is 8.71. The first-order valence-electron chi connectivity index (χ1n) is 5.17. The number of hydrogen-bond donors (Lipinski definition) is 2. The van der Waals surface area contributed by atoms with Crippen molar-refractivity contribution in [1.29, 1.82) is 0 Å². The number of methoxy groups -OCH3 is 1. The van der Waals surface area contributed by atoms with Crippen LogP contribution in [0.2, 0.25) is 0 Å². The summed E-state index contributed by atoms with van der Waals surface area (Å²) < 4.78 is 19.6. The molecule has 0 radical (unpaired) electrons. The van der Waals surface area contributed by atoms with Gasteiger partial charge >= 0.3 is 13.6 Å². The number of esters is 1. The number of carbonyl (C=O) groups is 1. The van der Waals surface area contributed by atoms with Crippen molar-refractivity contribution in [3.8, 4) is 0 Å². The molecule has 0 rings (SSSR count). The number of rotatable bonds is 4. The van der Waals surface area contributed by atoms with E-state index < -0.39 is 19.5 Å². The van der Waals surface area contributed by atoms with Gasteiger partial charge in [0.05, 0.1) is 19.2 Å². The average molecular weight is 269 g/mol. The fourth-order valence-electron chi connectivity index (χ4n) is 0.696. The highest BCUT2D eigenvalue weighted by molar-refractivity contribution is 7.52. The molecule has 0 fully saturated rings. The van der Waals surface area contributed by atoms with Crippen molar-refractivity contribution in [2.75, 3.05) is 20.4 Å². The Bertz CT molecular complexity index is 268. The highest BCUT2D eigenvalue weighted by Crippen LogP contribution is 2.42. The largest absolute Gasteiger partial charge is 0.469 e. The third kappa shape index (κ3) is 15.6. The van der Waals surface area contributed by atoms with Crippen molar-refractivity contribution < 1.29 is 23.5 Å². The van der Waals surface area contributed by atoms with E-state index >= 15 is 0 Å². The lowest BCUT2D eigenvalue weighted by Crippen LogP contribution is -2.26. The minimum absolute atomic E-state index is 0. The molecule has 6 nitrogen and oxygen atoms in total. The zero-order valence-corrected chi connectivity index (χ0v) is 12.3. The molecule has 0 bridgehead atoms. The van der Waals surface area contributed by atoms with Crippen LogP contribution in [0.15, 0.2) is 0 Å². The molecular formula is C10H24NO5P. The van der Waals surface area contributed by atoms with Crippen LogP contribution in [0.3, 0.4) is 0 Å². The minimum Gasteiger partial charge on any atom is -0.469 e. The molecule has 0 heterocycles. The topological polar surface area (TPSA) is 98.9 Å². The number of ether oxygens (including phenoxy) is 1. The van der Waals surface area contributed by atoms with Gasteiger partial charge in [-0.25, -0.2) is 0 Å². The Balaban J connectivity index is 0. The molecular weight excluding hydrogens is 245 g/mol. The second kappa shape index (κ2) is 7.82. The molecule has 0 aromatic rings. The Morgan fingerprint density at radius 2 is 1.76 bits per heavy atom. The van der Waals surface area contributed by atoms with Gasteiger partial charge < -0.3 is 19.9 Å². The molecule has 0 aromatic heterocycles. The van der Waals surface area contributed by atoms with E-state index in [-0.39, 0.29) is 11.7 Å². The first kappa shape index (κ1) is 18.9. The van der Waals surface area contributed by atoms with Crippen LogP contribution >= 0.6 is 7.60 Å². The van der Waals surface area contributed by atoms with Crippen LogP contribution in [0.5, 0.6) is 0 Å². The van der Waals surface area contributed by atoms with Crippen molar-refractivity contribution in [3.63, 3.8) is 0 Å². The molecule has 2 atom stereocenters. The fourth-order valence-corrected chi connectivity index (χ4v) is 1.69. The van der Waals surface area contributed by atoms with Gasteiger partial charge in [-0.2, -0.15) is 0 Å². The molecule has 0 saturated heterocycles. The summed E-state index contributed by atoms with van der Waals surface area (Å²) in [4.78, 5) is 19.8. The van der Waals surface area contributed by atoms with Gasteiger partial charge in [-0.1, -0.05) is 6.92 Å². The van der Waals surface area contributed by atoms with E-state index in [2.05, 4.69) is 9.26 Å². The smallest absolute Gasteiger partial charge is 0.328 e. The lowest BCUT2D eigenvalue weighted by Gasteiger charge is -2.12. The predicted octanol–water partition coefficient (Wildman–Crippen LogP) is 1.37. The summed E-state index contributed by atoms with van der Waals surface area (Å²) in [6.07, 6.45) is -0.212. The van der Waals surface area contributed by atoms with Crippen molar-refractivity contribution in [2.45, 2.75) is 33.2 Å². The average Bonchev–Trinajstić information content (AvgIpc) is 2.13. The van der Waals surface area contributed by atoms with Crippen LogP contribution in [-0.2, 0) is 18.6 Å². The predicted molar refractivity (Wildman–Crippen MR) is 66.8 cm³/mol. The zero-order chi connectivity index (χ0) is 14.3. The van der Waals surface area contributed by atoms with Gasteiger partial charge in [-0.3, -0.25) is 9.36 Å². The maximum atomic E-state index is 10.9. The Hall–Kier alpha value is -0.420. The molecule has 0 amide bonds. The maximum absolute atomic E-state index is 10.9. The van der Waals surface area contributed by atoms with Crippen LogP contribution in [0.1, 0.15) is 27.7 Å². The van der Waals surface area contributed by atoms with E-state index in [1.165, 1.54) is 14.0 Å². The van der Waals surface area contributed by atoms with Gasteiger partial charge in [0, 0.05) is 12.6 Å². The molecule has 17 heavy (non-hydrogen) atoms. The lowest BCUT2D eigenvalue weighted by molar-refractivity contribution is -0.144. The molecule has 3 N–H and O–H groups in total. The van der Waals surface area contributed by atoms with Gasteiger partial charge in [0.15, 0.2) is 0 Å². The van der Waals surface area contributed by atoms with E-state index in [1.54, 1.807) is 0 Å². The summed E-state index contributed by atoms with van der Waals surface area (Å²) in [5.41, 5.74) is 5.35. The summed E-state index contributed by atoms with van der Waals surface area (Å²) in [6, 6.07) is 0. The standard InChI is InChI=1S/C6H13O5P.C4H11N/c1-5(6(7)10-2)4-12(8,9)11-3;1-4(2,3)5/h5H,4H2,1-3H3,(H,8,9);5H2,1-3H3. The lowest BCUT2D eigenvalue weighted by atomic mass is 10.1.